The van der Waals surface area contributed by atoms with Crippen LogP contribution in [0.2, 0.25) is 0 Å². The molecule has 0 unspecified atom stereocenters. The maximum absolute atomic E-state index is 9.99. The van der Waals surface area contributed by atoms with Gasteiger partial charge in [-0.05, 0) is 18.8 Å². The van der Waals surface area contributed by atoms with Gasteiger partial charge in [-0.25, -0.2) is 0 Å². The maximum atomic E-state index is 9.99. The van der Waals surface area contributed by atoms with Crippen LogP contribution in [0.4, 0.5) is 0 Å². The Labute approximate surface area is 69.8 Å². The van der Waals surface area contributed by atoms with Gasteiger partial charge in [0.15, 0.2) is 0 Å². The Hall–Kier alpha value is -0.480. The first-order valence-corrected chi connectivity index (χ1v) is 4.11. The van der Waals surface area contributed by atoms with Crippen molar-refractivity contribution >= 4 is 0 Å². The number of rotatable bonds is 2. The van der Waals surface area contributed by atoms with Crippen molar-refractivity contribution in [1.29, 1.82) is 0 Å². The third kappa shape index (κ3) is 2.24. The minimum atomic E-state index is -0.811. The molecule has 0 radical (unpaired) electrons. The van der Waals surface area contributed by atoms with Crippen molar-refractivity contribution in [2.75, 3.05) is 0 Å². The molecule has 0 heterocycles. The molecule has 64 valence electrons. The summed E-state index contributed by atoms with van der Waals surface area (Å²) in [7, 11) is 0. The first-order valence-electron chi connectivity index (χ1n) is 4.11. The fraction of sp³-hybridized carbons (Fsp3) is 0.800. The summed E-state index contributed by atoms with van der Waals surface area (Å²) in [6, 6.07) is 0. The van der Waals surface area contributed by atoms with Crippen LogP contribution in [0.15, 0.2) is 0 Å². The van der Waals surface area contributed by atoms with Crippen molar-refractivity contribution < 1.29 is 5.11 Å². The summed E-state index contributed by atoms with van der Waals surface area (Å²) in [5.74, 6) is 6.01. The van der Waals surface area contributed by atoms with Gasteiger partial charge in [0, 0.05) is 0 Å². The standard InChI is InChI=1S/C10H18O/c1-6-7-10(11,8(2)3)9(4)5/h8-9,11H,1-5H3. The molecule has 0 aromatic rings. The van der Waals surface area contributed by atoms with Crippen molar-refractivity contribution in [2.45, 2.75) is 40.2 Å². The van der Waals surface area contributed by atoms with Crippen molar-refractivity contribution in [3.8, 4) is 11.8 Å². The van der Waals surface area contributed by atoms with Gasteiger partial charge in [-0.15, -0.1) is 5.92 Å². The van der Waals surface area contributed by atoms with Crippen molar-refractivity contribution in [3.63, 3.8) is 0 Å². The zero-order valence-electron chi connectivity index (χ0n) is 8.10. The van der Waals surface area contributed by atoms with E-state index in [-0.39, 0.29) is 11.8 Å². The molecule has 1 nitrogen and oxygen atoms in total. The van der Waals surface area contributed by atoms with Crippen LogP contribution in [0.1, 0.15) is 34.6 Å². The molecule has 0 amide bonds. The minimum Gasteiger partial charge on any atom is -0.377 e. The fourth-order valence-electron chi connectivity index (χ4n) is 1.16. The molecule has 0 saturated carbocycles. The largest absolute Gasteiger partial charge is 0.377 e. The maximum Gasteiger partial charge on any atom is 0.130 e. The van der Waals surface area contributed by atoms with Gasteiger partial charge in [-0.1, -0.05) is 33.6 Å². The van der Waals surface area contributed by atoms with Gasteiger partial charge in [0.1, 0.15) is 5.60 Å². The third-order valence-electron chi connectivity index (χ3n) is 2.09. The highest BCUT2D eigenvalue weighted by Crippen LogP contribution is 2.24. The molecule has 0 aliphatic carbocycles. The zero-order chi connectivity index (χ0) is 9.07. The monoisotopic (exact) mass is 154 g/mol. The molecule has 11 heavy (non-hydrogen) atoms. The topological polar surface area (TPSA) is 20.2 Å². The Balaban J connectivity index is 4.62. The van der Waals surface area contributed by atoms with Crippen LogP contribution >= 0.6 is 0 Å². The number of hydrogen-bond donors (Lipinski definition) is 1. The van der Waals surface area contributed by atoms with Crippen molar-refractivity contribution in [2.24, 2.45) is 11.8 Å². The van der Waals surface area contributed by atoms with Crippen molar-refractivity contribution in [3.05, 3.63) is 0 Å². The molecule has 1 heteroatoms. The Kier molecular flexibility index (Phi) is 3.62. The van der Waals surface area contributed by atoms with Crippen LogP contribution in [0.3, 0.4) is 0 Å². The van der Waals surface area contributed by atoms with Crippen LogP contribution in [0, 0.1) is 23.7 Å². The van der Waals surface area contributed by atoms with E-state index in [9.17, 15) is 5.11 Å². The molecule has 0 rings (SSSR count). The Morgan fingerprint density at radius 2 is 1.45 bits per heavy atom. The van der Waals surface area contributed by atoms with Crippen LogP contribution in [-0.4, -0.2) is 10.7 Å². The number of aliphatic hydroxyl groups is 1. The van der Waals surface area contributed by atoms with Gasteiger partial charge < -0.3 is 5.11 Å². The minimum absolute atomic E-state index is 0.190. The second-order valence-corrected chi connectivity index (χ2v) is 3.51. The van der Waals surface area contributed by atoms with Gasteiger partial charge >= 0.3 is 0 Å². The van der Waals surface area contributed by atoms with Gasteiger partial charge in [-0.2, -0.15) is 0 Å². The smallest absolute Gasteiger partial charge is 0.130 e. The van der Waals surface area contributed by atoms with Crippen LogP contribution in [0.25, 0.3) is 0 Å². The average molecular weight is 154 g/mol. The average Bonchev–Trinajstić information content (AvgIpc) is 1.87. The van der Waals surface area contributed by atoms with E-state index in [4.69, 9.17) is 0 Å². The van der Waals surface area contributed by atoms with E-state index in [1.165, 1.54) is 0 Å². The third-order valence-corrected chi connectivity index (χ3v) is 2.09. The molecule has 0 aliphatic rings. The molecule has 0 aliphatic heterocycles. The summed E-state index contributed by atoms with van der Waals surface area (Å²) in [5, 5.41) is 9.99. The van der Waals surface area contributed by atoms with E-state index in [0.29, 0.717) is 0 Å². The summed E-state index contributed by atoms with van der Waals surface area (Å²) in [5.41, 5.74) is -0.811. The lowest BCUT2D eigenvalue weighted by Crippen LogP contribution is -2.38. The van der Waals surface area contributed by atoms with E-state index in [0.717, 1.165) is 0 Å². The van der Waals surface area contributed by atoms with E-state index >= 15 is 0 Å². The van der Waals surface area contributed by atoms with Gasteiger partial charge in [0.2, 0.25) is 0 Å². The predicted molar refractivity (Wildman–Crippen MR) is 48.1 cm³/mol. The Morgan fingerprint density at radius 3 is 1.55 bits per heavy atom. The molecule has 0 aromatic carbocycles. The van der Waals surface area contributed by atoms with Crippen LogP contribution < -0.4 is 0 Å². The van der Waals surface area contributed by atoms with Crippen LogP contribution in [0.5, 0.6) is 0 Å². The second-order valence-electron chi connectivity index (χ2n) is 3.51. The molecule has 0 fully saturated rings. The summed E-state index contributed by atoms with van der Waals surface area (Å²) in [6.45, 7) is 9.72. The summed E-state index contributed by atoms with van der Waals surface area (Å²) in [6.07, 6.45) is 0. The van der Waals surface area contributed by atoms with Crippen LogP contribution in [-0.2, 0) is 0 Å². The predicted octanol–water partition coefficient (Wildman–Crippen LogP) is 2.05. The Bertz CT molecular complexity index is 161. The quantitative estimate of drug-likeness (QED) is 0.603. The molecular weight excluding hydrogens is 136 g/mol. The highest BCUT2D eigenvalue weighted by molar-refractivity contribution is 5.14. The van der Waals surface area contributed by atoms with Gasteiger partial charge in [0.25, 0.3) is 0 Å². The van der Waals surface area contributed by atoms with E-state index < -0.39 is 5.60 Å². The summed E-state index contributed by atoms with van der Waals surface area (Å²) < 4.78 is 0. The van der Waals surface area contributed by atoms with E-state index in [1.54, 1.807) is 6.92 Å². The van der Waals surface area contributed by atoms with E-state index in [2.05, 4.69) is 11.8 Å². The fourth-order valence-corrected chi connectivity index (χ4v) is 1.16. The lowest BCUT2D eigenvalue weighted by Gasteiger charge is -2.30. The SMILES string of the molecule is CC#CC(O)(C(C)C)C(C)C. The molecule has 1 N–H and O–H groups in total. The molecule has 0 saturated heterocycles. The summed E-state index contributed by atoms with van der Waals surface area (Å²) in [4.78, 5) is 0. The normalized spacial score (nSPS) is 11.6. The zero-order valence-corrected chi connectivity index (χ0v) is 8.10. The highest BCUT2D eigenvalue weighted by atomic mass is 16.3. The van der Waals surface area contributed by atoms with Crippen molar-refractivity contribution in [1.82, 2.24) is 0 Å². The molecule has 0 atom stereocenters. The Morgan fingerprint density at radius 1 is 1.09 bits per heavy atom. The second kappa shape index (κ2) is 3.78. The lowest BCUT2D eigenvalue weighted by atomic mass is 9.81. The van der Waals surface area contributed by atoms with Gasteiger partial charge in [0.05, 0.1) is 0 Å². The highest BCUT2D eigenvalue weighted by Gasteiger charge is 2.32. The molecule has 0 aromatic heterocycles. The lowest BCUT2D eigenvalue weighted by molar-refractivity contribution is 0.00928. The first-order chi connectivity index (χ1) is 4.95. The summed E-state index contributed by atoms with van der Waals surface area (Å²) >= 11 is 0. The van der Waals surface area contributed by atoms with Gasteiger partial charge in [-0.3, -0.25) is 0 Å². The van der Waals surface area contributed by atoms with E-state index in [1.807, 2.05) is 27.7 Å². The number of hydrogen-bond acceptors (Lipinski definition) is 1. The molecule has 0 bridgehead atoms. The molecule has 0 spiro atoms. The molecular formula is C10H18O. The first kappa shape index (κ1) is 10.5.